The molecule has 0 unspecified atom stereocenters. The molecule has 1 rings (SSSR count). The summed E-state index contributed by atoms with van der Waals surface area (Å²) in [4.78, 5) is 12.2. The Kier molecular flexibility index (Phi) is 3.70. The normalized spacial score (nSPS) is 11.0. The number of carbonyl (C=O) groups is 1. The third-order valence-electron chi connectivity index (χ3n) is 1.63. The van der Waals surface area contributed by atoms with Gasteiger partial charge in [-0.2, -0.15) is 4.37 Å². The molecule has 0 aliphatic carbocycles. The van der Waals surface area contributed by atoms with E-state index in [-0.39, 0.29) is 0 Å². The van der Waals surface area contributed by atoms with E-state index in [1.807, 2.05) is 0 Å². The van der Waals surface area contributed by atoms with Gasteiger partial charge in [-0.05, 0) is 39.2 Å². The molecule has 1 radical (unpaired) electrons. The zero-order valence-corrected chi connectivity index (χ0v) is 10.5. The smallest absolute Gasteiger partial charge is 0.413 e. The van der Waals surface area contributed by atoms with Gasteiger partial charge in [0.1, 0.15) is 5.60 Å². The molecule has 0 bridgehead atoms. The number of aromatic nitrogens is 1. The number of ether oxygens (including phenoxy) is 1. The zero-order chi connectivity index (χ0) is 12.3. The summed E-state index contributed by atoms with van der Waals surface area (Å²) in [6.45, 7) is 12.8. The number of nitrogens with one attached hydrogen (secondary N) is 1. The highest BCUT2D eigenvalue weighted by atomic mass is 32.1. The highest BCUT2D eigenvalue weighted by molar-refractivity contribution is 7.06. The molecule has 0 aliphatic rings. The van der Waals surface area contributed by atoms with Crippen molar-refractivity contribution in [3.63, 3.8) is 0 Å². The predicted molar refractivity (Wildman–Crippen MR) is 66.5 cm³/mol. The highest BCUT2D eigenvalue weighted by Crippen LogP contribution is 2.24. The topological polar surface area (TPSA) is 51.2 Å². The Balaban J connectivity index is 2.74. The summed E-state index contributed by atoms with van der Waals surface area (Å²) in [6, 6.07) is 0. The molecule has 1 aromatic rings. The number of carbonyl (C=O) groups excluding carboxylic acids is 1. The fraction of sp³-hybridized carbons (Fsp3) is 0.364. The molecule has 87 valence electrons. The Morgan fingerprint density at radius 1 is 1.56 bits per heavy atom. The van der Waals surface area contributed by atoms with Crippen molar-refractivity contribution in [1.82, 2.24) is 4.37 Å². The standard InChI is InChI=1S/C11H15N2O2S/c1-6-8-7(2)16-13-9(8)12-10(14)15-11(3,4)5/h6H,1-2H2,3-5H3,(H,12,13,14). The van der Waals surface area contributed by atoms with Crippen LogP contribution in [0.25, 0.3) is 6.08 Å². The van der Waals surface area contributed by atoms with Crippen molar-refractivity contribution in [3.05, 3.63) is 23.9 Å². The molecule has 1 amide bonds. The van der Waals surface area contributed by atoms with Crippen molar-refractivity contribution in [3.8, 4) is 0 Å². The van der Waals surface area contributed by atoms with Gasteiger partial charge in [0.15, 0.2) is 5.82 Å². The Labute approximate surface area is 99.5 Å². The summed E-state index contributed by atoms with van der Waals surface area (Å²) in [5, 5.41) is 2.57. The van der Waals surface area contributed by atoms with Gasteiger partial charge in [0, 0.05) is 10.4 Å². The summed E-state index contributed by atoms with van der Waals surface area (Å²) in [6.07, 6.45) is 1.08. The molecule has 0 saturated carbocycles. The van der Waals surface area contributed by atoms with E-state index in [4.69, 9.17) is 4.74 Å². The van der Waals surface area contributed by atoms with Crippen LogP contribution < -0.4 is 5.32 Å². The fourth-order valence-electron chi connectivity index (χ4n) is 1.03. The molecule has 0 atom stereocenters. The van der Waals surface area contributed by atoms with Gasteiger partial charge in [-0.3, -0.25) is 5.32 Å². The molecule has 16 heavy (non-hydrogen) atoms. The summed E-state index contributed by atoms with van der Waals surface area (Å²) in [7, 11) is 0. The van der Waals surface area contributed by atoms with Crippen LogP contribution in [-0.2, 0) is 4.74 Å². The van der Waals surface area contributed by atoms with Gasteiger partial charge in [-0.15, -0.1) is 0 Å². The maximum absolute atomic E-state index is 11.5. The van der Waals surface area contributed by atoms with E-state index in [0.717, 1.165) is 10.4 Å². The Hall–Kier alpha value is -1.36. The minimum absolute atomic E-state index is 0.444. The first-order valence-electron chi connectivity index (χ1n) is 4.77. The minimum atomic E-state index is -0.527. The third kappa shape index (κ3) is 3.34. The second kappa shape index (κ2) is 4.65. The van der Waals surface area contributed by atoms with E-state index in [1.54, 1.807) is 26.8 Å². The average Bonchev–Trinajstić information content (AvgIpc) is 2.43. The van der Waals surface area contributed by atoms with Crippen LogP contribution in [0.3, 0.4) is 0 Å². The first-order chi connectivity index (χ1) is 7.33. The van der Waals surface area contributed by atoms with Gasteiger partial charge in [-0.1, -0.05) is 12.7 Å². The van der Waals surface area contributed by atoms with E-state index < -0.39 is 11.7 Å². The van der Waals surface area contributed by atoms with E-state index >= 15 is 0 Å². The number of nitrogens with zero attached hydrogens (tertiary/aromatic N) is 1. The summed E-state index contributed by atoms with van der Waals surface area (Å²) >= 11 is 1.21. The first-order valence-corrected chi connectivity index (χ1v) is 5.55. The molecule has 0 spiro atoms. The molecule has 0 fully saturated rings. The van der Waals surface area contributed by atoms with E-state index in [2.05, 4.69) is 23.2 Å². The van der Waals surface area contributed by atoms with Crippen LogP contribution in [-0.4, -0.2) is 16.1 Å². The Morgan fingerprint density at radius 3 is 2.69 bits per heavy atom. The second-order valence-electron chi connectivity index (χ2n) is 4.20. The van der Waals surface area contributed by atoms with Gasteiger partial charge in [0.2, 0.25) is 0 Å². The lowest BCUT2D eigenvalue weighted by Gasteiger charge is -2.19. The average molecular weight is 239 g/mol. The van der Waals surface area contributed by atoms with Crippen molar-refractivity contribution < 1.29 is 9.53 Å². The van der Waals surface area contributed by atoms with Gasteiger partial charge in [0.05, 0.1) is 0 Å². The van der Waals surface area contributed by atoms with Gasteiger partial charge >= 0.3 is 6.09 Å². The van der Waals surface area contributed by atoms with Crippen molar-refractivity contribution >= 4 is 29.5 Å². The minimum Gasteiger partial charge on any atom is -0.444 e. The monoisotopic (exact) mass is 239 g/mol. The predicted octanol–water partition coefficient (Wildman–Crippen LogP) is 3.32. The van der Waals surface area contributed by atoms with Crippen LogP contribution >= 0.6 is 11.5 Å². The Morgan fingerprint density at radius 2 is 2.19 bits per heavy atom. The lowest BCUT2D eigenvalue weighted by molar-refractivity contribution is 0.0635. The van der Waals surface area contributed by atoms with E-state index in [9.17, 15) is 4.79 Å². The number of hydrogen-bond donors (Lipinski definition) is 1. The van der Waals surface area contributed by atoms with Gasteiger partial charge < -0.3 is 4.74 Å². The summed E-state index contributed by atoms with van der Waals surface area (Å²) in [5.74, 6) is 0.444. The molecule has 5 heteroatoms. The van der Waals surface area contributed by atoms with Crippen LogP contribution in [0.4, 0.5) is 10.6 Å². The SMILES string of the molecule is [CH2]c1snc(NC(=O)OC(C)(C)C)c1C=C. The number of amides is 1. The summed E-state index contributed by atoms with van der Waals surface area (Å²) in [5.41, 5.74) is 0.206. The van der Waals surface area contributed by atoms with Gasteiger partial charge in [-0.25, -0.2) is 4.79 Å². The van der Waals surface area contributed by atoms with E-state index in [0.29, 0.717) is 5.82 Å². The van der Waals surface area contributed by atoms with E-state index in [1.165, 1.54) is 11.5 Å². The third-order valence-corrected chi connectivity index (χ3v) is 2.34. The molecule has 4 nitrogen and oxygen atoms in total. The maximum Gasteiger partial charge on any atom is 0.413 e. The largest absolute Gasteiger partial charge is 0.444 e. The molecular weight excluding hydrogens is 224 g/mol. The molecular formula is C11H15N2O2S. The molecule has 0 aliphatic heterocycles. The number of hydrogen-bond acceptors (Lipinski definition) is 4. The molecule has 1 heterocycles. The maximum atomic E-state index is 11.5. The molecule has 1 N–H and O–H groups in total. The lowest BCUT2D eigenvalue weighted by Crippen LogP contribution is -2.27. The quantitative estimate of drug-likeness (QED) is 0.861. The molecule has 0 saturated heterocycles. The summed E-state index contributed by atoms with van der Waals surface area (Å²) < 4.78 is 9.16. The first kappa shape index (κ1) is 12.7. The van der Waals surface area contributed by atoms with Crippen molar-refractivity contribution in [1.29, 1.82) is 0 Å². The van der Waals surface area contributed by atoms with Crippen LogP contribution in [0.5, 0.6) is 0 Å². The van der Waals surface area contributed by atoms with Crippen LogP contribution in [0.1, 0.15) is 31.2 Å². The highest BCUT2D eigenvalue weighted by Gasteiger charge is 2.18. The fourth-order valence-corrected chi connectivity index (χ4v) is 1.66. The zero-order valence-electron chi connectivity index (χ0n) is 9.66. The molecule has 0 aromatic carbocycles. The van der Waals surface area contributed by atoms with Gasteiger partial charge in [0.25, 0.3) is 0 Å². The van der Waals surface area contributed by atoms with Crippen molar-refractivity contribution in [2.24, 2.45) is 0 Å². The van der Waals surface area contributed by atoms with Crippen molar-refractivity contribution in [2.45, 2.75) is 26.4 Å². The van der Waals surface area contributed by atoms with Crippen LogP contribution in [0.15, 0.2) is 6.58 Å². The van der Waals surface area contributed by atoms with Crippen LogP contribution in [0, 0.1) is 6.92 Å². The lowest BCUT2D eigenvalue weighted by atomic mass is 10.2. The Bertz CT molecular complexity index is 405. The molecule has 1 aromatic heterocycles. The number of anilines is 1. The van der Waals surface area contributed by atoms with Crippen LogP contribution in [0.2, 0.25) is 0 Å². The second-order valence-corrected chi connectivity index (χ2v) is 5.06. The van der Waals surface area contributed by atoms with Crippen molar-refractivity contribution in [2.75, 3.05) is 5.32 Å². The number of rotatable bonds is 2.